The zero-order valence-corrected chi connectivity index (χ0v) is 11.6. The normalized spacial score (nSPS) is 9.67. The van der Waals surface area contributed by atoms with Crippen LogP contribution in [0.4, 0.5) is 0 Å². The van der Waals surface area contributed by atoms with Gasteiger partial charge >= 0.3 is 5.91 Å². The molecule has 6 heteroatoms. The molecule has 0 saturated carbocycles. The molecule has 1 aromatic heterocycles. The van der Waals surface area contributed by atoms with Crippen molar-refractivity contribution in [1.82, 2.24) is 4.57 Å². The van der Waals surface area contributed by atoms with Gasteiger partial charge in [0, 0.05) is 16.4 Å². The number of hydrogen-bond donors (Lipinski definition) is 1. The summed E-state index contributed by atoms with van der Waals surface area (Å²) >= 11 is 3.27. The van der Waals surface area contributed by atoms with Gasteiger partial charge in [0.1, 0.15) is 5.56 Å². The fourth-order valence-electron chi connectivity index (χ4n) is 1.53. The van der Waals surface area contributed by atoms with Gasteiger partial charge in [-0.1, -0.05) is 18.2 Å². The van der Waals surface area contributed by atoms with Gasteiger partial charge in [0.25, 0.3) is 5.56 Å². The molecule has 0 unspecified atom stereocenters. The Balaban J connectivity index is 0.00000162. The Kier molecular flexibility index (Phi) is 4.84. The van der Waals surface area contributed by atoms with Gasteiger partial charge in [-0.25, -0.2) is 4.79 Å². The van der Waals surface area contributed by atoms with Crippen LogP contribution in [-0.2, 0) is 0 Å². The maximum Gasteiger partial charge on any atom is 0.346 e. The fraction of sp³-hybridized carbons (Fsp3) is 0. The van der Waals surface area contributed by atoms with E-state index in [1.54, 1.807) is 18.3 Å². The summed E-state index contributed by atoms with van der Waals surface area (Å²) in [5.41, 5.74) is 3.69. The molecule has 2 aromatic rings. The molecule has 0 aliphatic heterocycles. The summed E-state index contributed by atoms with van der Waals surface area (Å²) in [6, 6.07) is 10.6. The average Bonchev–Trinajstić information content (AvgIpc) is 2.32. The minimum Gasteiger partial charge on any atom is -1.00 e. The lowest BCUT2D eigenvalue weighted by Gasteiger charge is -2.06. The second-order valence-electron chi connectivity index (χ2n) is 3.51. The summed E-state index contributed by atoms with van der Waals surface area (Å²) in [4.78, 5) is 23.3. The monoisotopic (exact) mass is 328 g/mol. The average molecular weight is 330 g/mol. The number of benzene rings is 1. The third-order valence-electron chi connectivity index (χ3n) is 2.32. The second kappa shape index (κ2) is 5.95. The van der Waals surface area contributed by atoms with Crippen molar-refractivity contribution in [3.63, 3.8) is 0 Å². The highest BCUT2D eigenvalue weighted by molar-refractivity contribution is 9.10. The first-order valence-electron chi connectivity index (χ1n) is 4.93. The van der Waals surface area contributed by atoms with Gasteiger partial charge < -0.3 is 12.4 Å². The predicted octanol–water partition coefficient (Wildman–Crippen LogP) is -2.01. The first kappa shape index (κ1) is 14.6. The number of para-hydroxylation sites is 1. The van der Waals surface area contributed by atoms with Gasteiger partial charge in [-0.3, -0.25) is 15.1 Å². The maximum absolute atomic E-state index is 12.0. The van der Waals surface area contributed by atoms with Gasteiger partial charge in [0.15, 0.2) is 0 Å². The molecule has 3 N–H and O–H groups in total. The van der Waals surface area contributed by atoms with Gasteiger partial charge in [-0.05, 0) is 34.1 Å². The number of nitrogens with zero attached hydrogens (tertiary/aromatic N) is 1. The molecule has 1 aromatic carbocycles. The third kappa shape index (κ3) is 2.87. The van der Waals surface area contributed by atoms with Crippen LogP contribution in [0.25, 0.3) is 5.69 Å². The van der Waals surface area contributed by atoms with Crippen LogP contribution in [0.2, 0.25) is 0 Å². The maximum atomic E-state index is 12.0. The lowest BCUT2D eigenvalue weighted by atomic mass is 10.2. The van der Waals surface area contributed by atoms with Crippen LogP contribution in [0.5, 0.6) is 0 Å². The number of quaternary nitrogens is 1. The van der Waals surface area contributed by atoms with E-state index in [-0.39, 0.29) is 23.5 Å². The summed E-state index contributed by atoms with van der Waals surface area (Å²) in [6.07, 6.45) is 1.63. The zero-order valence-electron chi connectivity index (χ0n) is 9.27. The number of hydrogen-bond acceptors (Lipinski definition) is 2. The molecule has 0 aliphatic carbocycles. The van der Waals surface area contributed by atoms with E-state index < -0.39 is 5.91 Å². The van der Waals surface area contributed by atoms with Crippen LogP contribution < -0.4 is 23.7 Å². The van der Waals surface area contributed by atoms with E-state index in [1.165, 1.54) is 10.6 Å². The Bertz CT molecular complexity index is 626. The molecule has 0 spiro atoms. The Hall–Kier alpha value is -1.43. The molecule has 1 heterocycles. The second-order valence-corrected chi connectivity index (χ2v) is 4.42. The Labute approximate surface area is 118 Å². The number of carbonyl (C=O) groups excluding carboxylic acids is 1. The van der Waals surface area contributed by atoms with Crippen LogP contribution in [0, 0.1) is 0 Å². The Morgan fingerprint density at radius 1 is 1.22 bits per heavy atom. The molecule has 1 amide bonds. The summed E-state index contributed by atoms with van der Waals surface area (Å²) in [7, 11) is 0. The number of carbonyl (C=O) groups is 1. The lowest BCUT2D eigenvalue weighted by Crippen LogP contribution is -3.00. The quantitative estimate of drug-likeness (QED) is 0.692. The van der Waals surface area contributed by atoms with Crippen molar-refractivity contribution < 1.29 is 22.9 Å². The number of halogens is 2. The molecule has 18 heavy (non-hydrogen) atoms. The molecule has 0 aliphatic rings. The van der Waals surface area contributed by atoms with Gasteiger partial charge in [0.05, 0.1) is 0 Å². The van der Waals surface area contributed by atoms with Gasteiger partial charge in [0.2, 0.25) is 0 Å². The van der Waals surface area contributed by atoms with Crippen molar-refractivity contribution in [2.75, 3.05) is 0 Å². The minimum absolute atomic E-state index is 0. The Morgan fingerprint density at radius 2 is 1.83 bits per heavy atom. The van der Waals surface area contributed by atoms with E-state index in [9.17, 15) is 9.59 Å². The summed E-state index contributed by atoms with van der Waals surface area (Å²) in [5.74, 6) is -0.485. The van der Waals surface area contributed by atoms with Crippen molar-refractivity contribution in [2.24, 2.45) is 0 Å². The topological polar surface area (TPSA) is 66.7 Å². The smallest absolute Gasteiger partial charge is 0.346 e. The van der Waals surface area contributed by atoms with Gasteiger partial charge in [-0.15, -0.1) is 0 Å². The van der Waals surface area contributed by atoms with E-state index in [0.717, 1.165) is 0 Å². The number of pyridine rings is 1. The minimum atomic E-state index is -0.485. The SMILES string of the molecule is [Cl-].[NH3+]C(=O)c1cc(Br)cn(-c2ccccc2)c1=O. The number of rotatable bonds is 2. The molecule has 2 rings (SSSR count). The number of amides is 1. The fourth-order valence-corrected chi connectivity index (χ4v) is 1.96. The molecule has 94 valence electrons. The molecule has 0 bridgehead atoms. The van der Waals surface area contributed by atoms with Crippen LogP contribution in [-0.4, -0.2) is 10.5 Å². The van der Waals surface area contributed by atoms with E-state index in [0.29, 0.717) is 10.2 Å². The van der Waals surface area contributed by atoms with Crippen molar-refractivity contribution in [3.05, 3.63) is 63.0 Å². The highest BCUT2D eigenvalue weighted by Gasteiger charge is 2.14. The summed E-state index contributed by atoms with van der Waals surface area (Å²) in [5, 5.41) is 0. The molecule has 0 saturated heterocycles. The first-order chi connectivity index (χ1) is 8.09. The lowest BCUT2D eigenvalue weighted by molar-refractivity contribution is -0.255. The molecular formula is C12H10BrClN2O2. The predicted molar refractivity (Wildman–Crippen MR) is 67.0 cm³/mol. The third-order valence-corrected chi connectivity index (χ3v) is 2.75. The van der Waals surface area contributed by atoms with Crippen molar-refractivity contribution in [3.8, 4) is 5.69 Å². The standard InChI is InChI=1S/C12H9BrN2O2.ClH/c13-8-6-10(11(14)16)12(17)15(7-8)9-4-2-1-3-5-9;/h1-7H,(H2,14,16);1H. The molecule has 0 radical (unpaired) electrons. The highest BCUT2D eigenvalue weighted by atomic mass is 79.9. The Morgan fingerprint density at radius 3 is 2.39 bits per heavy atom. The van der Waals surface area contributed by atoms with Crippen LogP contribution in [0.1, 0.15) is 10.4 Å². The summed E-state index contributed by atoms with van der Waals surface area (Å²) < 4.78 is 2.08. The van der Waals surface area contributed by atoms with E-state index >= 15 is 0 Å². The van der Waals surface area contributed by atoms with E-state index in [1.807, 2.05) is 18.2 Å². The molecular weight excluding hydrogens is 320 g/mol. The van der Waals surface area contributed by atoms with Gasteiger partial charge in [-0.2, -0.15) is 0 Å². The van der Waals surface area contributed by atoms with E-state index in [4.69, 9.17) is 0 Å². The molecule has 0 atom stereocenters. The number of aromatic nitrogens is 1. The highest BCUT2D eigenvalue weighted by Crippen LogP contribution is 2.12. The van der Waals surface area contributed by atoms with Crippen molar-refractivity contribution >= 4 is 21.8 Å². The van der Waals surface area contributed by atoms with Crippen LogP contribution in [0.15, 0.2) is 51.9 Å². The van der Waals surface area contributed by atoms with Crippen molar-refractivity contribution in [2.45, 2.75) is 0 Å². The van der Waals surface area contributed by atoms with Crippen LogP contribution in [0.3, 0.4) is 0 Å². The molecule has 0 fully saturated rings. The largest absolute Gasteiger partial charge is 1.00 e. The van der Waals surface area contributed by atoms with E-state index in [2.05, 4.69) is 21.7 Å². The summed E-state index contributed by atoms with van der Waals surface area (Å²) in [6.45, 7) is 0. The molecule has 4 nitrogen and oxygen atoms in total. The zero-order chi connectivity index (χ0) is 12.4. The van der Waals surface area contributed by atoms with Crippen molar-refractivity contribution in [1.29, 1.82) is 0 Å². The van der Waals surface area contributed by atoms with Crippen LogP contribution >= 0.6 is 15.9 Å². The first-order valence-corrected chi connectivity index (χ1v) is 5.73.